The molecule has 13 rings (SSSR count). The van der Waals surface area contributed by atoms with Crippen LogP contribution in [0.25, 0.3) is 77.3 Å². The molecule has 0 unspecified atom stereocenters. The van der Waals surface area contributed by atoms with Gasteiger partial charge in [0.15, 0.2) is 0 Å². The molecule has 3 aliphatic rings. The molecule has 0 bridgehead atoms. The molecule has 0 spiro atoms. The molecule has 3 aliphatic carbocycles. The lowest BCUT2D eigenvalue weighted by Crippen LogP contribution is -2.15. The van der Waals surface area contributed by atoms with Crippen molar-refractivity contribution < 1.29 is 8.83 Å². The summed E-state index contributed by atoms with van der Waals surface area (Å²) in [6.45, 7) is 9.31. The third-order valence-electron chi connectivity index (χ3n) is 13.7. The third kappa shape index (κ3) is 4.81. The molecule has 10 aromatic rings. The van der Waals surface area contributed by atoms with E-state index in [0.717, 1.165) is 45.8 Å². The number of halogens is 1. The molecule has 0 aliphatic heterocycles. The Morgan fingerprint density at radius 1 is 0.458 bits per heavy atom. The molecular formula is C56H41ClO2. The van der Waals surface area contributed by atoms with Crippen LogP contribution >= 0.6 is 11.6 Å². The Labute approximate surface area is 348 Å². The molecule has 2 nitrogen and oxygen atoms in total. The fourth-order valence-corrected chi connectivity index (χ4v) is 11.2. The van der Waals surface area contributed by atoms with E-state index in [2.05, 4.69) is 161 Å². The monoisotopic (exact) mass is 780 g/mol. The Kier molecular flexibility index (Phi) is 7.25. The normalized spacial score (nSPS) is 14.8. The standard InChI is InChI=1S/C28H21ClO.C28H20O/c1-28(2)22-11-7-9-18(16-17-8-3-5-12-23(17)29)25(22)21-15-14-20-19-10-4-6-13-24(19)30-27(20)26(21)28;1-28(2)23-14-13-18-17-8-4-3-7-16(17)15-22(18)25(23)21-12-11-20-19-9-5-6-10-24(19)29-27(20)26(21)28/h3-15H,16H2,1-2H3;3-14H,15H2,1-2H3. The van der Waals surface area contributed by atoms with Crippen LogP contribution in [0.4, 0.5) is 0 Å². The maximum absolute atomic E-state index is 6.49. The number of hydrogen-bond donors (Lipinski definition) is 0. The number of fused-ring (bicyclic) bond motifs is 18. The number of para-hydroxylation sites is 2. The summed E-state index contributed by atoms with van der Waals surface area (Å²) in [6.07, 6.45) is 1.83. The lowest BCUT2D eigenvalue weighted by molar-refractivity contribution is 0.619. The van der Waals surface area contributed by atoms with Crippen LogP contribution in [0.3, 0.4) is 0 Å². The fourth-order valence-electron chi connectivity index (χ4n) is 11.0. The zero-order chi connectivity index (χ0) is 39.8. The average Bonchev–Trinajstić information content (AvgIpc) is 4.03. The Bertz CT molecular complexity index is 3410. The molecule has 0 N–H and O–H groups in total. The minimum atomic E-state index is -0.130. The number of rotatable bonds is 2. The second-order valence-electron chi connectivity index (χ2n) is 17.6. The highest BCUT2D eigenvalue weighted by atomic mass is 35.5. The van der Waals surface area contributed by atoms with Crippen LogP contribution < -0.4 is 0 Å². The van der Waals surface area contributed by atoms with Gasteiger partial charge in [-0.1, -0.05) is 161 Å². The average molecular weight is 781 g/mol. The Balaban J connectivity index is 0.000000128. The minimum Gasteiger partial charge on any atom is -0.456 e. The van der Waals surface area contributed by atoms with E-state index in [9.17, 15) is 0 Å². The molecule has 0 amide bonds. The van der Waals surface area contributed by atoms with E-state index < -0.39 is 0 Å². The van der Waals surface area contributed by atoms with Gasteiger partial charge < -0.3 is 8.83 Å². The van der Waals surface area contributed by atoms with Crippen LogP contribution in [0.5, 0.6) is 0 Å². The summed E-state index contributed by atoms with van der Waals surface area (Å²) in [5.41, 5.74) is 22.7. The molecule has 0 fully saturated rings. The maximum Gasteiger partial charge on any atom is 0.140 e. The molecule has 284 valence electrons. The highest BCUT2D eigenvalue weighted by Gasteiger charge is 2.42. The van der Waals surface area contributed by atoms with E-state index in [1.807, 2.05) is 18.2 Å². The number of furan rings is 2. The highest BCUT2D eigenvalue weighted by Crippen LogP contribution is 2.57. The zero-order valence-electron chi connectivity index (χ0n) is 33.5. The molecule has 59 heavy (non-hydrogen) atoms. The van der Waals surface area contributed by atoms with Gasteiger partial charge >= 0.3 is 0 Å². The van der Waals surface area contributed by atoms with Crippen molar-refractivity contribution in [3.8, 4) is 33.4 Å². The van der Waals surface area contributed by atoms with Crippen LogP contribution in [-0.4, -0.2) is 0 Å². The summed E-state index contributed by atoms with van der Waals surface area (Å²) in [5, 5.41) is 5.62. The first-order chi connectivity index (χ1) is 28.7. The van der Waals surface area contributed by atoms with Crippen molar-refractivity contribution in [2.45, 2.75) is 51.4 Å². The van der Waals surface area contributed by atoms with Gasteiger partial charge in [-0.25, -0.2) is 0 Å². The minimum absolute atomic E-state index is 0.0815. The van der Waals surface area contributed by atoms with E-state index in [4.69, 9.17) is 20.4 Å². The zero-order valence-corrected chi connectivity index (χ0v) is 34.3. The van der Waals surface area contributed by atoms with Gasteiger partial charge in [-0.2, -0.15) is 0 Å². The summed E-state index contributed by atoms with van der Waals surface area (Å²) in [4.78, 5) is 0. The Hall–Kier alpha value is -6.35. The van der Waals surface area contributed by atoms with Crippen LogP contribution in [0.2, 0.25) is 5.02 Å². The topological polar surface area (TPSA) is 26.3 Å². The number of benzene rings is 8. The van der Waals surface area contributed by atoms with Crippen molar-refractivity contribution in [3.05, 3.63) is 201 Å². The smallest absolute Gasteiger partial charge is 0.140 e. The third-order valence-corrected chi connectivity index (χ3v) is 14.1. The van der Waals surface area contributed by atoms with Gasteiger partial charge in [0, 0.05) is 48.5 Å². The van der Waals surface area contributed by atoms with Gasteiger partial charge in [0.2, 0.25) is 0 Å². The van der Waals surface area contributed by atoms with Crippen molar-refractivity contribution >= 4 is 55.5 Å². The maximum atomic E-state index is 6.49. The lowest BCUT2D eigenvalue weighted by Gasteiger charge is -2.22. The van der Waals surface area contributed by atoms with E-state index in [1.54, 1.807) is 0 Å². The van der Waals surface area contributed by atoms with Gasteiger partial charge in [-0.05, 0) is 110 Å². The van der Waals surface area contributed by atoms with E-state index in [1.165, 1.54) is 93.9 Å². The molecule has 0 saturated heterocycles. The summed E-state index contributed by atoms with van der Waals surface area (Å²) in [6, 6.07) is 54.1. The molecule has 8 aromatic carbocycles. The molecule has 0 saturated carbocycles. The summed E-state index contributed by atoms with van der Waals surface area (Å²) >= 11 is 6.49. The first kappa shape index (κ1) is 34.7. The SMILES string of the molecule is CC1(C)c2ccc3c(c2-c2ccc4c(oc5ccccc54)c21)Cc1ccccc1-3.CC1(C)c2cccc(Cc3ccccc3Cl)c2-c2ccc3c(oc4ccccc43)c21. The fraction of sp³-hybridized carbons (Fsp3) is 0.143. The molecular weight excluding hydrogens is 740 g/mol. The molecule has 0 radical (unpaired) electrons. The quantitative estimate of drug-likeness (QED) is 0.175. The van der Waals surface area contributed by atoms with Gasteiger partial charge in [0.05, 0.1) is 0 Å². The summed E-state index contributed by atoms with van der Waals surface area (Å²) < 4.78 is 12.9. The predicted molar refractivity (Wildman–Crippen MR) is 245 cm³/mol. The van der Waals surface area contributed by atoms with E-state index in [-0.39, 0.29) is 10.8 Å². The predicted octanol–water partition coefficient (Wildman–Crippen LogP) is 15.6. The molecule has 3 heteroatoms. The van der Waals surface area contributed by atoms with Crippen molar-refractivity contribution in [1.29, 1.82) is 0 Å². The first-order valence-corrected chi connectivity index (χ1v) is 21.1. The largest absolute Gasteiger partial charge is 0.456 e. The van der Waals surface area contributed by atoms with Crippen LogP contribution in [0.1, 0.15) is 72.2 Å². The van der Waals surface area contributed by atoms with Crippen LogP contribution in [0.15, 0.2) is 160 Å². The van der Waals surface area contributed by atoms with Gasteiger partial charge in [-0.3, -0.25) is 0 Å². The van der Waals surface area contributed by atoms with Crippen molar-refractivity contribution in [1.82, 2.24) is 0 Å². The van der Waals surface area contributed by atoms with Gasteiger partial charge in [0.25, 0.3) is 0 Å². The van der Waals surface area contributed by atoms with Gasteiger partial charge in [-0.15, -0.1) is 0 Å². The van der Waals surface area contributed by atoms with E-state index >= 15 is 0 Å². The second kappa shape index (κ2) is 12.3. The second-order valence-corrected chi connectivity index (χ2v) is 18.0. The first-order valence-electron chi connectivity index (χ1n) is 20.7. The number of hydrogen-bond acceptors (Lipinski definition) is 2. The lowest BCUT2D eigenvalue weighted by atomic mass is 9.81. The van der Waals surface area contributed by atoms with Crippen molar-refractivity contribution in [2.24, 2.45) is 0 Å². The van der Waals surface area contributed by atoms with Crippen molar-refractivity contribution in [2.75, 3.05) is 0 Å². The molecule has 0 atom stereocenters. The summed E-state index contributed by atoms with van der Waals surface area (Å²) in [7, 11) is 0. The molecule has 2 heterocycles. The Morgan fingerprint density at radius 2 is 1.00 bits per heavy atom. The summed E-state index contributed by atoms with van der Waals surface area (Å²) in [5.74, 6) is 0. The van der Waals surface area contributed by atoms with E-state index in [0.29, 0.717) is 0 Å². The van der Waals surface area contributed by atoms with Crippen molar-refractivity contribution in [3.63, 3.8) is 0 Å². The van der Waals surface area contributed by atoms with Crippen LogP contribution in [0, 0.1) is 0 Å². The Morgan fingerprint density at radius 3 is 1.68 bits per heavy atom. The molecule has 2 aromatic heterocycles. The van der Waals surface area contributed by atoms with Gasteiger partial charge in [0.1, 0.15) is 22.3 Å². The highest BCUT2D eigenvalue weighted by molar-refractivity contribution is 6.31. The van der Waals surface area contributed by atoms with Crippen LogP contribution in [-0.2, 0) is 23.7 Å².